The molecule has 7 nitrogen and oxygen atoms in total. The van der Waals surface area contributed by atoms with Crippen LogP contribution in [0, 0.1) is 9.39 Å². The van der Waals surface area contributed by atoms with E-state index in [1.165, 1.54) is 12.1 Å². The third-order valence-electron chi connectivity index (χ3n) is 5.59. The highest BCUT2D eigenvalue weighted by Gasteiger charge is 2.55. The molecule has 3 rings (SSSR count). The second kappa shape index (κ2) is 9.15. The van der Waals surface area contributed by atoms with Crippen LogP contribution in [0.2, 0.25) is 0 Å². The van der Waals surface area contributed by atoms with Gasteiger partial charge in [-0.3, -0.25) is 9.52 Å². The van der Waals surface area contributed by atoms with E-state index in [1.54, 1.807) is 0 Å². The molecule has 0 amide bonds. The Labute approximate surface area is 200 Å². The predicted molar refractivity (Wildman–Crippen MR) is 121 cm³/mol. The lowest BCUT2D eigenvalue weighted by Crippen LogP contribution is -2.36. The van der Waals surface area contributed by atoms with Gasteiger partial charge in [-0.05, 0) is 59.5 Å². The van der Waals surface area contributed by atoms with E-state index in [-0.39, 0.29) is 24.8 Å². The number of aromatic nitrogens is 1. The maximum atomic E-state index is 14.4. The molecule has 0 aliphatic heterocycles. The smallest absolute Gasteiger partial charge is 0.394 e. The van der Waals surface area contributed by atoms with Crippen molar-refractivity contribution >= 4 is 38.3 Å². The van der Waals surface area contributed by atoms with Gasteiger partial charge in [-0.2, -0.15) is 13.2 Å². The van der Waals surface area contributed by atoms with E-state index in [0.717, 1.165) is 19.3 Å². The molecule has 1 aromatic carbocycles. The van der Waals surface area contributed by atoms with Crippen molar-refractivity contribution in [2.75, 3.05) is 11.3 Å². The van der Waals surface area contributed by atoms with Gasteiger partial charge in [0, 0.05) is 28.8 Å². The molecule has 1 saturated carbocycles. The van der Waals surface area contributed by atoms with Crippen LogP contribution in [0.25, 0.3) is 0 Å². The van der Waals surface area contributed by atoms with Crippen LogP contribution in [-0.4, -0.2) is 40.7 Å². The van der Waals surface area contributed by atoms with E-state index in [2.05, 4.69) is 4.72 Å². The largest absolute Gasteiger partial charge is 0.422 e. The quantitative estimate of drug-likeness (QED) is 0.318. The molecule has 1 unspecified atom stereocenters. The highest BCUT2D eigenvalue weighted by Crippen LogP contribution is 2.48. The molecular weight excluding hydrogens is 583 g/mol. The van der Waals surface area contributed by atoms with Crippen molar-refractivity contribution in [2.24, 2.45) is 7.05 Å². The summed E-state index contributed by atoms with van der Waals surface area (Å²) in [6.07, 6.45) is -6.24. The molecule has 1 aromatic heterocycles. The number of rotatable bonds is 8. The number of sulfonamides is 1. The number of aryl methyl sites for hydroxylation is 1. The number of nitrogens with zero attached hydrogens (tertiary/aromatic N) is 1. The van der Waals surface area contributed by atoms with Gasteiger partial charge in [0.1, 0.15) is 11.4 Å². The molecule has 3 N–H and O–H groups in total. The SMILES string of the molecule is Cn1cc(NS(=O)(=O)C2(CC(O)CO)CC2)c(Cc2ccc(I)cc2F)c(C(F)(F)F)c1=O. The minimum Gasteiger partial charge on any atom is -0.394 e. The van der Waals surface area contributed by atoms with Crippen LogP contribution in [0.5, 0.6) is 0 Å². The Morgan fingerprint density at radius 3 is 2.45 bits per heavy atom. The molecule has 0 bridgehead atoms. The fourth-order valence-electron chi connectivity index (χ4n) is 3.66. The third kappa shape index (κ3) is 5.35. The molecule has 1 aliphatic carbocycles. The average molecular weight is 604 g/mol. The van der Waals surface area contributed by atoms with Crippen LogP contribution in [0.1, 0.15) is 36.0 Å². The second-order valence-corrected chi connectivity index (χ2v) is 11.4. The van der Waals surface area contributed by atoms with Crippen LogP contribution in [-0.2, 0) is 29.7 Å². The third-order valence-corrected chi connectivity index (χ3v) is 8.46. The van der Waals surface area contributed by atoms with E-state index in [0.29, 0.717) is 8.14 Å². The van der Waals surface area contributed by atoms with E-state index in [4.69, 9.17) is 5.11 Å². The van der Waals surface area contributed by atoms with Gasteiger partial charge in [0.2, 0.25) is 10.0 Å². The number of aliphatic hydroxyl groups excluding tert-OH is 2. The molecule has 1 heterocycles. The number of hydrogen-bond donors (Lipinski definition) is 3. The van der Waals surface area contributed by atoms with Gasteiger partial charge >= 0.3 is 6.18 Å². The first-order valence-corrected chi connectivity index (χ1v) is 12.3. The first-order chi connectivity index (χ1) is 15.2. The molecule has 1 aliphatic rings. The van der Waals surface area contributed by atoms with E-state index in [9.17, 15) is 35.9 Å². The van der Waals surface area contributed by atoms with Crippen molar-refractivity contribution in [2.45, 2.75) is 42.7 Å². The molecule has 0 radical (unpaired) electrons. The summed E-state index contributed by atoms with van der Waals surface area (Å²) in [5, 5.41) is 18.8. The Hall–Kier alpha value is -1.71. The van der Waals surface area contributed by atoms with Crippen LogP contribution < -0.4 is 10.3 Å². The second-order valence-electron chi connectivity index (χ2n) is 8.05. The highest BCUT2D eigenvalue weighted by molar-refractivity contribution is 14.1. The van der Waals surface area contributed by atoms with Crippen LogP contribution in [0.4, 0.5) is 23.2 Å². The van der Waals surface area contributed by atoms with Crippen LogP contribution >= 0.6 is 22.6 Å². The Kier molecular flexibility index (Phi) is 7.18. The minimum absolute atomic E-state index is 0.137. The van der Waals surface area contributed by atoms with Gasteiger partial charge in [-0.25, -0.2) is 12.8 Å². The van der Waals surface area contributed by atoms with Gasteiger partial charge in [0.15, 0.2) is 0 Å². The Morgan fingerprint density at radius 1 is 1.30 bits per heavy atom. The van der Waals surface area contributed by atoms with E-state index in [1.807, 2.05) is 22.6 Å². The number of alkyl halides is 3. The monoisotopic (exact) mass is 604 g/mol. The lowest BCUT2D eigenvalue weighted by Gasteiger charge is -2.23. The summed E-state index contributed by atoms with van der Waals surface area (Å²) in [5.41, 5.74) is -4.35. The average Bonchev–Trinajstić information content (AvgIpc) is 3.47. The summed E-state index contributed by atoms with van der Waals surface area (Å²) >= 11 is 1.83. The molecule has 1 atom stereocenters. The fraction of sp³-hybridized carbons (Fsp3) is 0.450. The summed E-state index contributed by atoms with van der Waals surface area (Å²) in [6.45, 7) is -0.674. The lowest BCUT2D eigenvalue weighted by atomic mass is 9.99. The minimum atomic E-state index is -5.13. The van der Waals surface area contributed by atoms with Gasteiger partial charge in [-0.15, -0.1) is 0 Å². The molecule has 33 heavy (non-hydrogen) atoms. The zero-order valence-electron chi connectivity index (χ0n) is 17.3. The number of pyridine rings is 1. The van der Waals surface area contributed by atoms with Crippen molar-refractivity contribution in [1.82, 2.24) is 4.57 Å². The van der Waals surface area contributed by atoms with Crippen molar-refractivity contribution < 1.29 is 36.2 Å². The van der Waals surface area contributed by atoms with Crippen LogP contribution in [0.15, 0.2) is 29.2 Å². The van der Waals surface area contributed by atoms with Crippen molar-refractivity contribution in [3.05, 3.63) is 60.8 Å². The summed E-state index contributed by atoms with van der Waals surface area (Å²) in [5.74, 6) is -0.797. The van der Waals surface area contributed by atoms with Crippen molar-refractivity contribution in [3.8, 4) is 0 Å². The van der Waals surface area contributed by atoms with E-state index < -0.39 is 68.3 Å². The number of hydrogen-bond acceptors (Lipinski definition) is 5. The predicted octanol–water partition coefficient (Wildman–Crippen LogP) is 2.76. The Morgan fingerprint density at radius 2 is 1.94 bits per heavy atom. The summed E-state index contributed by atoms with van der Waals surface area (Å²) < 4.78 is 84.0. The zero-order valence-corrected chi connectivity index (χ0v) is 20.3. The maximum Gasteiger partial charge on any atom is 0.422 e. The number of aliphatic hydroxyl groups is 2. The van der Waals surface area contributed by atoms with Gasteiger partial charge < -0.3 is 14.8 Å². The molecule has 182 valence electrons. The van der Waals surface area contributed by atoms with Crippen molar-refractivity contribution in [1.29, 1.82) is 0 Å². The lowest BCUT2D eigenvalue weighted by molar-refractivity contribution is -0.139. The van der Waals surface area contributed by atoms with Crippen molar-refractivity contribution in [3.63, 3.8) is 0 Å². The van der Waals surface area contributed by atoms with Gasteiger partial charge in [0.05, 0.1) is 23.1 Å². The van der Waals surface area contributed by atoms with Gasteiger partial charge in [-0.1, -0.05) is 6.07 Å². The number of anilines is 1. The fourth-order valence-corrected chi connectivity index (χ4v) is 5.85. The molecule has 0 saturated heterocycles. The molecular formula is C20H21F4IN2O5S. The molecule has 13 heteroatoms. The van der Waals surface area contributed by atoms with Crippen LogP contribution in [0.3, 0.4) is 0 Å². The molecule has 0 spiro atoms. The first-order valence-electron chi connectivity index (χ1n) is 9.76. The zero-order chi connectivity index (χ0) is 24.8. The van der Waals surface area contributed by atoms with E-state index >= 15 is 0 Å². The maximum absolute atomic E-state index is 14.4. The number of benzene rings is 1. The highest BCUT2D eigenvalue weighted by atomic mass is 127. The standard InChI is InChI=1S/C20H21F4IN2O5S/c1-27-9-16(26-33(31,32)19(4-5-19)8-13(29)10-28)14(17(18(27)30)20(22,23)24)6-11-2-3-12(25)7-15(11)21/h2-3,7,9,13,26,28-29H,4-6,8,10H2,1H3. The topological polar surface area (TPSA) is 109 Å². The Balaban J connectivity index is 2.15. The van der Waals surface area contributed by atoms with Gasteiger partial charge in [0.25, 0.3) is 5.56 Å². The first kappa shape index (κ1) is 25.9. The molecule has 1 fully saturated rings. The number of halogens is 5. The normalized spacial score (nSPS) is 16.5. The number of nitrogens with one attached hydrogen (secondary N) is 1. The Bertz CT molecular complexity index is 1230. The molecule has 2 aromatic rings. The summed E-state index contributed by atoms with van der Waals surface area (Å²) in [7, 11) is -3.28. The summed E-state index contributed by atoms with van der Waals surface area (Å²) in [4.78, 5) is 12.4. The summed E-state index contributed by atoms with van der Waals surface area (Å²) in [6, 6.07) is 3.86.